The first-order valence-corrected chi connectivity index (χ1v) is 13.9. The van der Waals surface area contributed by atoms with E-state index in [0.29, 0.717) is 36.6 Å². The lowest BCUT2D eigenvalue weighted by Gasteiger charge is -2.57. The fourth-order valence-electron chi connectivity index (χ4n) is 5.66. The van der Waals surface area contributed by atoms with Crippen molar-refractivity contribution < 1.29 is 19.1 Å². The van der Waals surface area contributed by atoms with Crippen LogP contribution in [0.25, 0.3) is 0 Å². The Bertz CT molecular complexity index is 1420. The first-order valence-electron chi connectivity index (χ1n) is 13.1. The molecule has 0 radical (unpaired) electrons. The van der Waals surface area contributed by atoms with Gasteiger partial charge in [-0.1, -0.05) is 58.4 Å². The van der Waals surface area contributed by atoms with Crippen molar-refractivity contribution >= 4 is 39.3 Å². The summed E-state index contributed by atoms with van der Waals surface area (Å²) in [5, 5.41) is 2.99. The molecule has 8 nitrogen and oxygen atoms in total. The SMILES string of the molecule is COc1ccc(NC(=O)N2C/C=C\CN3[C@H](CC(=O)c4ccccc4C(N)=O)[C@H](c4ccc(Br)cc4)[C@@H]3C2)cc1. The molecule has 3 aromatic rings. The average molecular weight is 604 g/mol. The van der Waals surface area contributed by atoms with Crippen molar-refractivity contribution in [2.75, 3.05) is 32.1 Å². The molecule has 1 fully saturated rings. The van der Waals surface area contributed by atoms with Gasteiger partial charge in [-0.05, 0) is 48.0 Å². The Kier molecular flexibility index (Phi) is 8.32. The third kappa shape index (κ3) is 5.80. The molecule has 2 aliphatic heterocycles. The van der Waals surface area contributed by atoms with E-state index < -0.39 is 5.91 Å². The van der Waals surface area contributed by atoms with Crippen LogP contribution < -0.4 is 15.8 Å². The lowest BCUT2D eigenvalue weighted by atomic mass is 9.72. The number of benzene rings is 3. The lowest BCUT2D eigenvalue weighted by molar-refractivity contribution is -0.0191. The highest BCUT2D eigenvalue weighted by atomic mass is 79.9. The van der Waals surface area contributed by atoms with E-state index in [1.165, 1.54) is 0 Å². The van der Waals surface area contributed by atoms with Crippen molar-refractivity contribution in [2.24, 2.45) is 5.73 Å². The van der Waals surface area contributed by atoms with Crippen LogP contribution in [-0.2, 0) is 0 Å². The molecular weight excluding hydrogens is 572 g/mol. The van der Waals surface area contributed by atoms with Crippen LogP contribution in [0.15, 0.2) is 89.4 Å². The van der Waals surface area contributed by atoms with E-state index in [9.17, 15) is 14.4 Å². The zero-order chi connectivity index (χ0) is 28.2. The predicted octanol–water partition coefficient (Wildman–Crippen LogP) is 5.07. The number of Topliss-reactive ketones (excluding diaryl/α,β-unsaturated/α-hetero) is 1. The summed E-state index contributed by atoms with van der Waals surface area (Å²) in [4.78, 5) is 42.9. The first-order chi connectivity index (χ1) is 19.4. The highest BCUT2D eigenvalue weighted by Gasteiger charge is 2.50. The van der Waals surface area contributed by atoms with Crippen LogP contribution in [0.2, 0.25) is 0 Å². The molecule has 3 N–H and O–H groups in total. The summed E-state index contributed by atoms with van der Waals surface area (Å²) in [5.74, 6) is -0.0121. The van der Waals surface area contributed by atoms with E-state index in [-0.39, 0.29) is 41.8 Å². The number of carbonyl (C=O) groups excluding carboxylic acids is 3. The number of amides is 3. The van der Waals surface area contributed by atoms with Crippen molar-refractivity contribution in [2.45, 2.75) is 24.4 Å². The van der Waals surface area contributed by atoms with Crippen LogP contribution in [0, 0.1) is 0 Å². The molecular formula is C31H31BrN4O4. The minimum Gasteiger partial charge on any atom is -0.497 e. The predicted molar refractivity (Wildman–Crippen MR) is 158 cm³/mol. The number of rotatable bonds is 7. The highest BCUT2D eigenvalue weighted by molar-refractivity contribution is 9.10. The second-order valence-electron chi connectivity index (χ2n) is 9.98. The van der Waals surface area contributed by atoms with Crippen molar-refractivity contribution in [1.29, 1.82) is 0 Å². The standard InChI is InChI=1S/C31H31BrN4O4/c1-40-23-14-12-22(13-15-23)34-31(39)35-16-4-5-17-36-26(18-28(37)24-6-2-3-7-25(24)30(33)38)29(27(36)19-35)20-8-10-21(32)11-9-20/h2-15,26-27,29H,16-19H2,1H3,(H2,33,38)(H,34,39)/b5-4-/t26-,27+,29+/m1/s1. The number of hydrogen-bond donors (Lipinski definition) is 2. The topological polar surface area (TPSA) is 105 Å². The zero-order valence-electron chi connectivity index (χ0n) is 22.1. The number of halogens is 1. The van der Waals surface area contributed by atoms with Gasteiger partial charge in [0, 0.05) is 65.3 Å². The van der Waals surface area contributed by atoms with Gasteiger partial charge in [0.2, 0.25) is 5.91 Å². The number of ether oxygens (including phenoxy) is 1. The first kappa shape index (κ1) is 27.6. The smallest absolute Gasteiger partial charge is 0.322 e. The molecule has 9 heteroatoms. The fourth-order valence-corrected chi connectivity index (χ4v) is 5.92. The summed E-state index contributed by atoms with van der Waals surface area (Å²) in [5.41, 5.74) is 7.92. The molecule has 5 rings (SSSR count). The van der Waals surface area contributed by atoms with Crippen molar-refractivity contribution in [3.05, 3.63) is 106 Å². The summed E-state index contributed by atoms with van der Waals surface area (Å²) >= 11 is 3.52. The molecule has 1 saturated heterocycles. The van der Waals surface area contributed by atoms with Gasteiger partial charge in [0.25, 0.3) is 0 Å². The molecule has 0 spiro atoms. The fraction of sp³-hybridized carbons (Fsp3) is 0.258. The molecule has 3 aromatic carbocycles. The maximum atomic E-state index is 13.5. The average Bonchev–Trinajstić information content (AvgIpc) is 2.95. The number of methoxy groups -OCH3 is 1. The maximum absolute atomic E-state index is 13.5. The van der Waals surface area contributed by atoms with Gasteiger partial charge < -0.3 is 20.7 Å². The lowest BCUT2D eigenvalue weighted by Crippen LogP contribution is -2.66. The second-order valence-corrected chi connectivity index (χ2v) is 10.9. The van der Waals surface area contributed by atoms with Gasteiger partial charge in [-0.2, -0.15) is 0 Å². The van der Waals surface area contributed by atoms with E-state index in [2.05, 4.69) is 38.3 Å². The molecule has 2 aliphatic rings. The summed E-state index contributed by atoms with van der Waals surface area (Å²) < 4.78 is 6.18. The molecule has 2 heterocycles. The number of nitrogens with two attached hydrogens (primary N) is 1. The number of fused-ring (bicyclic) bond motifs is 1. The Morgan fingerprint density at radius 1 is 0.950 bits per heavy atom. The molecule has 3 atom stereocenters. The normalized spacial score (nSPS) is 21.2. The van der Waals surface area contributed by atoms with Crippen molar-refractivity contribution in [3.63, 3.8) is 0 Å². The Morgan fingerprint density at radius 2 is 1.62 bits per heavy atom. The number of anilines is 1. The van der Waals surface area contributed by atoms with E-state index >= 15 is 0 Å². The van der Waals surface area contributed by atoms with Gasteiger partial charge >= 0.3 is 6.03 Å². The summed E-state index contributed by atoms with van der Waals surface area (Å²) in [6, 6.07) is 21.8. The number of ketones is 1. The summed E-state index contributed by atoms with van der Waals surface area (Å²) in [6.07, 6.45) is 4.26. The van der Waals surface area contributed by atoms with Crippen LogP contribution in [0.1, 0.15) is 38.6 Å². The minimum absolute atomic E-state index is 0.0110. The Hall–Kier alpha value is -3.95. The Morgan fingerprint density at radius 3 is 2.30 bits per heavy atom. The Labute approximate surface area is 241 Å². The van der Waals surface area contributed by atoms with Gasteiger partial charge in [0.05, 0.1) is 7.11 Å². The largest absolute Gasteiger partial charge is 0.497 e. The van der Waals surface area contributed by atoms with Gasteiger partial charge in [0.15, 0.2) is 5.78 Å². The minimum atomic E-state index is -0.618. The molecule has 3 amide bonds. The highest BCUT2D eigenvalue weighted by Crippen LogP contribution is 2.44. The third-order valence-corrected chi connectivity index (χ3v) is 8.20. The van der Waals surface area contributed by atoms with E-state index in [0.717, 1.165) is 10.0 Å². The quantitative estimate of drug-likeness (QED) is 0.290. The monoisotopic (exact) mass is 602 g/mol. The van der Waals surface area contributed by atoms with Gasteiger partial charge in [-0.3, -0.25) is 14.5 Å². The van der Waals surface area contributed by atoms with Crippen molar-refractivity contribution in [3.8, 4) is 5.75 Å². The number of urea groups is 1. The van der Waals surface area contributed by atoms with Crippen LogP contribution in [-0.4, -0.2) is 66.3 Å². The van der Waals surface area contributed by atoms with E-state index in [1.807, 2.05) is 36.4 Å². The molecule has 0 bridgehead atoms. The second kappa shape index (κ2) is 12.1. The van der Waals surface area contributed by atoms with Crippen LogP contribution in [0.4, 0.5) is 10.5 Å². The number of nitrogens with zero attached hydrogens (tertiary/aromatic N) is 2. The van der Waals surface area contributed by atoms with Crippen LogP contribution >= 0.6 is 15.9 Å². The van der Waals surface area contributed by atoms with Crippen molar-refractivity contribution in [1.82, 2.24) is 9.80 Å². The summed E-state index contributed by atoms with van der Waals surface area (Å²) in [7, 11) is 1.60. The number of hydrogen-bond acceptors (Lipinski definition) is 5. The zero-order valence-corrected chi connectivity index (χ0v) is 23.7. The van der Waals surface area contributed by atoms with Crippen LogP contribution in [0.5, 0.6) is 5.75 Å². The number of carbonyl (C=O) groups is 3. The molecule has 40 heavy (non-hydrogen) atoms. The molecule has 0 unspecified atom stereocenters. The molecule has 0 saturated carbocycles. The van der Waals surface area contributed by atoms with Gasteiger partial charge in [-0.25, -0.2) is 4.79 Å². The van der Waals surface area contributed by atoms with Crippen LogP contribution in [0.3, 0.4) is 0 Å². The van der Waals surface area contributed by atoms with Gasteiger partial charge in [-0.15, -0.1) is 0 Å². The molecule has 0 aliphatic carbocycles. The number of nitrogens with one attached hydrogen (secondary N) is 1. The van der Waals surface area contributed by atoms with E-state index in [1.54, 1.807) is 48.4 Å². The Balaban J connectivity index is 1.39. The molecule has 206 valence electrons. The maximum Gasteiger partial charge on any atom is 0.322 e. The van der Waals surface area contributed by atoms with E-state index in [4.69, 9.17) is 10.5 Å². The molecule has 0 aromatic heterocycles. The number of primary amides is 1. The summed E-state index contributed by atoms with van der Waals surface area (Å²) in [6.45, 7) is 1.64. The van der Waals surface area contributed by atoms with Gasteiger partial charge in [0.1, 0.15) is 5.75 Å². The third-order valence-electron chi connectivity index (χ3n) is 7.67.